The van der Waals surface area contributed by atoms with Crippen LogP contribution in [0.2, 0.25) is 0 Å². The van der Waals surface area contributed by atoms with Gasteiger partial charge in [0.25, 0.3) is 5.56 Å². The zero-order chi connectivity index (χ0) is 14.5. The highest BCUT2D eigenvalue weighted by Crippen LogP contribution is 2.22. The number of nitrogens with zero attached hydrogens (tertiary/aromatic N) is 2. The Kier molecular flexibility index (Phi) is 4.12. The van der Waals surface area contributed by atoms with Crippen LogP contribution in [0.5, 0.6) is 0 Å². The van der Waals surface area contributed by atoms with Gasteiger partial charge in [-0.1, -0.05) is 42.1 Å². The van der Waals surface area contributed by atoms with Gasteiger partial charge in [0.2, 0.25) is 0 Å². The molecule has 0 atom stereocenters. The highest BCUT2D eigenvalue weighted by Gasteiger charge is 2.04. The summed E-state index contributed by atoms with van der Waals surface area (Å²) < 4.78 is 0. The van der Waals surface area contributed by atoms with Gasteiger partial charge in [0.05, 0.1) is 5.69 Å². The fourth-order valence-corrected chi connectivity index (χ4v) is 2.74. The van der Waals surface area contributed by atoms with Gasteiger partial charge in [-0.25, -0.2) is 4.98 Å². The van der Waals surface area contributed by atoms with Crippen molar-refractivity contribution in [3.63, 3.8) is 0 Å². The molecule has 5 heteroatoms. The summed E-state index contributed by atoms with van der Waals surface area (Å²) in [6.45, 7) is 0. The van der Waals surface area contributed by atoms with E-state index < -0.39 is 0 Å². The van der Waals surface area contributed by atoms with Gasteiger partial charge in [-0.15, -0.1) is 0 Å². The predicted molar refractivity (Wildman–Crippen MR) is 82.5 cm³/mol. The second-order valence-electron chi connectivity index (χ2n) is 4.50. The number of H-pyrrole nitrogens is 1. The van der Waals surface area contributed by atoms with Crippen molar-refractivity contribution in [3.05, 3.63) is 82.5 Å². The molecule has 0 bridgehead atoms. The van der Waals surface area contributed by atoms with Gasteiger partial charge in [-0.05, 0) is 17.7 Å². The average molecular weight is 295 g/mol. The highest BCUT2D eigenvalue weighted by molar-refractivity contribution is 7.99. The summed E-state index contributed by atoms with van der Waals surface area (Å²) in [6, 6.07) is 15.3. The topological polar surface area (TPSA) is 58.6 Å². The van der Waals surface area contributed by atoms with E-state index in [1.807, 2.05) is 42.5 Å². The molecular formula is C16H13N3OS. The first kappa shape index (κ1) is 13.6. The van der Waals surface area contributed by atoms with E-state index in [1.54, 1.807) is 18.5 Å². The fraction of sp³-hybridized carbons (Fsp3) is 0.0625. The summed E-state index contributed by atoms with van der Waals surface area (Å²) in [5.41, 5.74) is 1.76. The summed E-state index contributed by atoms with van der Waals surface area (Å²) in [4.78, 5) is 24.0. The normalized spacial score (nSPS) is 10.5. The lowest BCUT2D eigenvalue weighted by molar-refractivity contribution is 0.879. The SMILES string of the molecule is O=c1cc(Cc2ccccc2)nc(Sc2cccnc2)[nH]1. The molecular weight excluding hydrogens is 282 g/mol. The van der Waals surface area contributed by atoms with Crippen LogP contribution in [0, 0.1) is 0 Å². The van der Waals surface area contributed by atoms with Crippen LogP contribution >= 0.6 is 11.8 Å². The molecule has 0 fully saturated rings. The molecule has 0 saturated heterocycles. The van der Waals surface area contributed by atoms with Crippen LogP contribution in [0.15, 0.2) is 75.8 Å². The van der Waals surface area contributed by atoms with Crippen LogP contribution in [0.25, 0.3) is 0 Å². The average Bonchev–Trinajstić information content (AvgIpc) is 2.48. The Balaban J connectivity index is 1.85. The summed E-state index contributed by atoms with van der Waals surface area (Å²) in [7, 11) is 0. The molecule has 0 amide bonds. The summed E-state index contributed by atoms with van der Waals surface area (Å²) in [6.07, 6.45) is 4.10. The first-order valence-corrected chi connectivity index (χ1v) is 7.33. The third-order valence-electron chi connectivity index (χ3n) is 2.85. The zero-order valence-corrected chi connectivity index (χ0v) is 12.0. The van der Waals surface area contributed by atoms with Crippen LogP contribution < -0.4 is 5.56 Å². The van der Waals surface area contributed by atoms with E-state index in [9.17, 15) is 4.79 Å². The Morgan fingerprint density at radius 2 is 1.95 bits per heavy atom. The summed E-state index contributed by atoms with van der Waals surface area (Å²) >= 11 is 1.40. The van der Waals surface area contributed by atoms with Crippen molar-refractivity contribution >= 4 is 11.8 Å². The smallest absolute Gasteiger partial charge is 0.251 e. The van der Waals surface area contributed by atoms with Gasteiger partial charge >= 0.3 is 0 Å². The lowest BCUT2D eigenvalue weighted by Crippen LogP contribution is -2.10. The fourth-order valence-electron chi connectivity index (χ4n) is 1.95. The molecule has 2 aromatic heterocycles. The summed E-state index contributed by atoms with van der Waals surface area (Å²) in [5.74, 6) is 0. The van der Waals surface area contributed by atoms with Crippen molar-refractivity contribution in [2.45, 2.75) is 16.5 Å². The molecule has 0 aliphatic rings. The molecule has 2 heterocycles. The van der Waals surface area contributed by atoms with Crippen molar-refractivity contribution in [1.29, 1.82) is 0 Å². The third kappa shape index (κ3) is 3.79. The third-order valence-corrected chi connectivity index (χ3v) is 3.71. The number of rotatable bonds is 4. The second-order valence-corrected chi connectivity index (χ2v) is 5.56. The maximum atomic E-state index is 11.8. The molecule has 0 saturated carbocycles. The largest absolute Gasteiger partial charge is 0.301 e. The van der Waals surface area contributed by atoms with Crippen LogP contribution in [0.4, 0.5) is 0 Å². The lowest BCUT2D eigenvalue weighted by atomic mass is 10.1. The van der Waals surface area contributed by atoms with Gasteiger partial charge in [0.15, 0.2) is 5.16 Å². The zero-order valence-electron chi connectivity index (χ0n) is 11.2. The van der Waals surface area contributed by atoms with Crippen molar-refractivity contribution in [2.75, 3.05) is 0 Å². The van der Waals surface area contributed by atoms with Gasteiger partial charge in [0, 0.05) is 29.8 Å². The molecule has 21 heavy (non-hydrogen) atoms. The number of hydrogen-bond acceptors (Lipinski definition) is 4. The maximum Gasteiger partial charge on any atom is 0.251 e. The molecule has 3 rings (SSSR count). The van der Waals surface area contributed by atoms with E-state index in [-0.39, 0.29) is 5.56 Å². The minimum absolute atomic E-state index is 0.137. The monoisotopic (exact) mass is 295 g/mol. The Labute approximate surface area is 126 Å². The minimum Gasteiger partial charge on any atom is -0.301 e. The van der Waals surface area contributed by atoms with Crippen LogP contribution in [-0.4, -0.2) is 15.0 Å². The predicted octanol–water partition coefficient (Wildman–Crippen LogP) is 2.91. The summed E-state index contributed by atoms with van der Waals surface area (Å²) in [5, 5.41) is 0.585. The molecule has 0 aliphatic heterocycles. The van der Waals surface area contributed by atoms with E-state index in [2.05, 4.69) is 15.0 Å². The molecule has 0 aliphatic carbocycles. The number of hydrogen-bond donors (Lipinski definition) is 1. The van der Waals surface area contributed by atoms with Crippen LogP contribution in [0.1, 0.15) is 11.3 Å². The Bertz CT molecular complexity index is 710. The standard InChI is InChI=1S/C16H13N3OS/c20-15-10-13(9-12-5-2-1-3-6-12)18-16(19-15)21-14-7-4-8-17-11-14/h1-8,10-11H,9H2,(H,18,19,20). The minimum atomic E-state index is -0.137. The number of aromatic amines is 1. The van der Waals surface area contributed by atoms with Crippen molar-refractivity contribution in [1.82, 2.24) is 15.0 Å². The molecule has 104 valence electrons. The van der Waals surface area contributed by atoms with Gasteiger partial charge in [0.1, 0.15) is 0 Å². The van der Waals surface area contributed by atoms with Gasteiger partial charge in [-0.2, -0.15) is 0 Å². The highest BCUT2D eigenvalue weighted by atomic mass is 32.2. The van der Waals surface area contributed by atoms with Crippen molar-refractivity contribution in [3.8, 4) is 0 Å². The Hall–Kier alpha value is -2.40. The second kappa shape index (κ2) is 6.37. The van der Waals surface area contributed by atoms with E-state index in [4.69, 9.17) is 0 Å². The maximum absolute atomic E-state index is 11.8. The molecule has 1 aromatic carbocycles. The molecule has 0 spiro atoms. The van der Waals surface area contributed by atoms with Crippen LogP contribution in [-0.2, 0) is 6.42 Å². The van der Waals surface area contributed by atoms with E-state index in [0.29, 0.717) is 11.6 Å². The molecule has 4 nitrogen and oxygen atoms in total. The number of pyridine rings is 1. The number of benzene rings is 1. The molecule has 3 aromatic rings. The number of nitrogens with one attached hydrogen (secondary N) is 1. The van der Waals surface area contributed by atoms with Crippen LogP contribution in [0.3, 0.4) is 0 Å². The molecule has 0 radical (unpaired) electrons. The van der Waals surface area contributed by atoms with Crippen molar-refractivity contribution in [2.24, 2.45) is 0 Å². The van der Waals surface area contributed by atoms with Gasteiger partial charge in [-0.3, -0.25) is 9.78 Å². The lowest BCUT2D eigenvalue weighted by Gasteiger charge is -2.04. The first-order valence-electron chi connectivity index (χ1n) is 6.52. The van der Waals surface area contributed by atoms with Gasteiger partial charge < -0.3 is 4.98 Å². The Morgan fingerprint density at radius 1 is 1.10 bits per heavy atom. The molecule has 1 N–H and O–H groups in total. The van der Waals surface area contributed by atoms with Crippen molar-refractivity contribution < 1.29 is 0 Å². The van der Waals surface area contributed by atoms with E-state index in [1.165, 1.54) is 11.8 Å². The Morgan fingerprint density at radius 3 is 2.71 bits per heavy atom. The van der Waals surface area contributed by atoms with E-state index >= 15 is 0 Å². The number of aromatic nitrogens is 3. The first-order chi connectivity index (χ1) is 10.3. The van der Waals surface area contributed by atoms with E-state index in [0.717, 1.165) is 16.2 Å². The quantitative estimate of drug-likeness (QED) is 0.752. The molecule has 0 unspecified atom stereocenters.